The number of nitrogens with one attached hydrogen (secondary N) is 1. The highest BCUT2D eigenvalue weighted by atomic mass is 79.9. The summed E-state index contributed by atoms with van der Waals surface area (Å²) < 4.78 is 11.6. The lowest BCUT2D eigenvalue weighted by atomic mass is 10.1. The largest absolute Gasteiger partial charge is 0.449 e. The number of fused-ring (bicyclic) bond motifs is 1. The van der Waals surface area contributed by atoms with Crippen LogP contribution in [0.2, 0.25) is 0 Å². The second-order valence-corrected chi connectivity index (χ2v) is 6.78. The number of hydrogen-bond acceptors (Lipinski definition) is 4. The van der Waals surface area contributed by atoms with Crippen molar-refractivity contribution in [2.45, 2.75) is 0 Å². The van der Waals surface area contributed by atoms with Crippen molar-refractivity contribution in [3.05, 3.63) is 64.3 Å². The Morgan fingerprint density at radius 3 is 2.85 bits per heavy atom. The van der Waals surface area contributed by atoms with E-state index in [1.807, 2.05) is 30.3 Å². The lowest BCUT2D eigenvalue weighted by molar-refractivity contribution is -0.123. The molecule has 27 heavy (non-hydrogen) atoms. The van der Waals surface area contributed by atoms with E-state index < -0.39 is 0 Å². The molecule has 0 aliphatic carbocycles. The Hall–Kier alpha value is -2.64. The highest BCUT2D eigenvalue weighted by Gasteiger charge is 2.31. The first-order valence-electron chi connectivity index (χ1n) is 8.40. The number of methoxy groups -OCH3 is 1. The van der Waals surface area contributed by atoms with Crippen LogP contribution >= 0.6 is 15.9 Å². The number of para-hydroxylation sites is 2. The van der Waals surface area contributed by atoms with Crippen LogP contribution in [0, 0.1) is 0 Å². The summed E-state index contributed by atoms with van der Waals surface area (Å²) in [6, 6.07) is 14.7. The van der Waals surface area contributed by atoms with Crippen molar-refractivity contribution in [2.75, 3.05) is 31.7 Å². The fourth-order valence-electron chi connectivity index (χ4n) is 2.66. The Labute approximate surface area is 165 Å². The minimum Gasteiger partial charge on any atom is -0.449 e. The van der Waals surface area contributed by atoms with Crippen LogP contribution in [0.4, 0.5) is 5.69 Å². The molecule has 0 aromatic heterocycles. The van der Waals surface area contributed by atoms with E-state index in [1.165, 1.54) is 4.90 Å². The van der Waals surface area contributed by atoms with Crippen molar-refractivity contribution in [2.24, 2.45) is 0 Å². The number of ether oxygens (including phenoxy) is 2. The third-order valence-corrected chi connectivity index (χ3v) is 4.40. The van der Waals surface area contributed by atoms with Crippen LogP contribution in [0.5, 0.6) is 5.75 Å². The standard InChI is InChI=1S/C20H19BrN2O4/c1-26-10-9-22-19(24)13-23-16-7-2-3-8-17(16)27-18(20(23)25)12-14-5-4-6-15(21)11-14/h2-8,11-12H,9-10,13H2,1H3,(H,22,24)/b18-12+. The lowest BCUT2D eigenvalue weighted by Crippen LogP contribution is -2.44. The molecule has 0 bridgehead atoms. The third kappa shape index (κ3) is 4.75. The quantitative estimate of drug-likeness (QED) is 0.564. The number of hydrogen-bond donors (Lipinski definition) is 1. The topological polar surface area (TPSA) is 67.9 Å². The van der Waals surface area contributed by atoms with Crippen LogP contribution in [0.3, 0.4) is 0 Å². The minimum atomic E-state index is -0.365. The summed E-state index contributed by atoms with van der Waals surface area (Å²) in [6.45, 7) is 0.697. The predicted molar refractivity (Wildman–Crippen MR) is 106 cm³/mol. The zero-order chi connectivity index (χ0) is 19.2. The maximum absolute atomic E-state index is 13.0. The average Bonchev–Trinajstić information content (AvgIpc) is 2.65. The fourth-order valence-corrected chi connectivity index (χ4v) is 3.08. The van der Waals surface area contributed by atoms with Crippen LogP contribution < -0.4 is 15.0 Å². The van der Waals surface area contributed by atoms with Gasteiger partial charge in [-0.25, -0.2) is 0 Å². The van der Waals surface area contributed by atoms with Gasteiger partial charge < -0.3 is 14.8 Å². The highest BCUT2D eigenvalue weighted by Crippen LogP contribution is 2.35. The van der Waals surface area contributed by atoms with Crippen LogP contribution in [0.15, 0.2) is 58.8 Å². The molecular formula is C20H19BrN2O4. The zero-order valence-electron chi connectivity index (χ0n) is 14.8. The molecule has 0 unspecified atom stereocenters. The first-order valence-corrected chi connectivity index (χ1v) is 9.19. The number of carbonyl (C=O) groups excluding carboxylic acids is 2. The highest BCUT2D eigenvalue weighted by molar-refractivity contribution is 9.10. The molecule has 7 heteroatoms. The molecule has 0 spiro atoms. The Morgan fingerprint density at radius 2 is 2.07 bits per heavy atom. The molecule has 0 fully saturated rings. The molecule has 0 saturated carbocycles. The molecule has 1 N–H and O–H groups in total. The van der Waals surface area contributed by atoms with Crippen molar-refractivity contribution < 1.29 is 19.1 Å². The molecule has 0 atom stereocenters. The van der Waals surface area contributed by atoms with Gasteiger partial charge in [-0.1, -0.05) is 40.2 Å². The summed E-state index contributed by atoms with van der Waals surface area (Å²) in [7, 11) is 1.56. The average molecular weight is 431 g/mol. The van der Waals surface area contributed by atoms with Crippen LogP contribution in [0.1, 0.15) is 5.56 Å². The first-order chi connectivity index (χ1) is 13.1. The number of anilines is 1. The van der Waals surface area contributed by atoms with Crippen molar-refractivity contribution in [1.82, 2.24) is 5.32 Å². The van der Waals surface area contributed by atoms with Crippen molar-refractivity contribution >= 4 is 39.5 Å². The molecule has 1 heterocycles. The number of carbonyl (C=O) groups is 2. The van der Waals surface area contributed by atoms with Gasteiger partial charge in [0.15, 0.2) is 11.5 Å². The van der Waals surface area contributed by atoms with E-state index >= 15 is 0 Å². The van der Waals surface area contributed by atoms with Crippen LogP contribution in [-0.2, 0) is 14.3 Å². The molecule has 2 aromatic rings. The molecule has 2 amide bonds. The Bertz CT molecular complexity index is 882. The SMILES string of the molecule is COCCNC(=O)CN1C(=O)/C(=C\c2cccc(Br)c2)Oc2ccccc21. The summed E-state index contributed by atoms with van der Waals surface area (Å²) in [5.41, 5.74) is 1.38. The molecule has 140 valence electrons. The van der Waals surface area contributed by atoms with E-state index in [0.29, 0.717) is 24.6 Å². The van der Waals surface area contributed by atoms with Gasteiger partial charge in [-0.3, -0.25) is 14.5 Å². The van der Waals surface area contributed by atoms with Gasteiger partial charge in [0.05, 0.1) is 12.3 Å². The van der Waals surface area contributed by atoms with Crippen LogP contribution in [-0.4, -0.2) is 38.6 Å². The van der Waals surface area contributed by atoms with Gasteiger partial charge in [-0.15, -0.1) is 0 Å². The monoisotopic (exact) mass is 430 g/mol. The Balaban J connectivity index is 1.87. The van der Waals surface area contributed by atoms with E-state index in [0.717, 1.165) is 10.0 Å². The van der Waals surface area contributed by atoms with Crippen molar-refractivity contribution in [3.8, 4) is 5.75 Å². The molecule has 2 aromatic carbocycles. The van der Waals surface area contributed by atoms with Gasteiger partial charge in [0.2, 0.25) is 5.91 Å². The summed E-state index contributed by atoms with van der Waals surface area (Å²) in [6.07, 6.45) is 1.67. The van der Waals surface area contributed by atoms with Crippen LogP contribution in [0.25, 0.3) is 6.08 Å². The summed E-state index contributed by atoms with van der Waals surface area (Å²) >= 11 is 3.41. The molecular weight excluding hydrogens is 412 g/mol. The summed E-state index contributed by atoms with van der Waals surface area (Å²) in [4.78, 5) is 26.6. The fraction of sp³-hybridized carbons (Fsp3) is 0.200. The maximum atomic E-state index is 13.0. The number of benzene rings is 2. The van der Waals surface area contributed by atoms with E-state index in [4.69, 9.17) is 9.47 Å². The van der Waals surface area contributed by atoms with Gasteiger partial charge >= 0.3 is 0 Å². The smallest absolute Gasteiger partial charge is 0.294 e. The third-order valence-electron chi connectivity index (χ3n) is 3.91. The number of amides is 2. The maximum Gasteiger partial charge on any atom is 0.294 e. The molecule has 1 aliphatic heterocycles. The Kier molecular flexibility index (Phi) is 6.26. The van der Waals surface area contributed by atoms with Gasteiger partial charge in [-0.05, 0) is 35.9 Å². The van der Waals surface area contributed by atoms with E-state index in [2.05, 4.69) is 21.2 Å². The molecule has 6 nitrogen and oxygen atoms in total. The van der Waals surface area contributed by atoms with Gasteiger partial charge in [0, 0.05) is 18.1 Å². The molecule has 1 aliphatic rings. The van der Waals surface area contributed by atoms with Gasteiger partial charge in [0.25, 0.3) is 5.91 Å². The summed E-state index contributed by atoms with van der Waals surface area (Å²) in [5, 5.41) is 2.73. The normalized spacial score (nSPS) is 14.7. The minimum absolute atomic E-state index is 0.0985. The van der Waals surface area contributed by atoms with Gasteiger partial charge in [-0.2, -0.15) is 0 Å². The van der Waals surface area contributed by atoms with Crippen molar-refractivity contribution in [3.63, 3.8) is 0 Å². The molecule has 0 radical (unpaired) electrons. The van der Waals surface area contributed by atoms with E-state index in [9.17, 15) is 9.59 Å². The first kappa shape index (κ1) is 19.1. The zero-order valence-corrected chi connectivity index (χ0v) is 16.4. The second-order valence-electron chi connectivity index (χ2n) is 5.87. The predicted octanol–water partition coefficient (Wildman–Crippen LogP) is 2.98. The molecule has 3 rings (SSSR count). The van der Waals surface area contributed by atoms with E-state index in [-0.39, 0.29) is 24.1 Å². The van der Waals surface area contributed by atoms with E-state index in [1.54, 1.807) is 31.4 Å². The number of nitrogens with zero attached hydrogens (tertiary/aromatic N) is 1. The number of rotatable bonds is 6. The lowest BCUT2D eigenvalue weighted by Gasteiger charge is -2.30. The second kappa shape index (κ2) is 8.83. The Morgan fingerprint density at radius 1 is 1.26 bits per heavy atom. The summed E-state index contributed by atoms with van der Waals surface area (Å²) in [5.74, 6) is 0.0639. The number of halogens is 1. The van der Waals surface area contributed by atoms with Crippen molar-refractivity contribution in [1.29, 1.82) is 0 Å². The van der Waals surface area contributed by atoms with Gasteiger partial charge in [0.1, 0.15) is 6.54 Å². The molecule has 0 saturated heterocycles.